The molecule has 1 aliphatic rings. The summed E-state index contributed by atoms with van der Waals surface area (Å²) in [7, 11) is 0.0912. The molecule has 2 amide bonds. The lowest BCUT2D eigenvalue weighted by atomic mass is 9.98. The molecule has 1 heterocycles. The van der Waals surface area contributed by atoms with Crippen LogP contribution in [-0.4, -0.2) is 64.3 Å². The third kappa shape index (κ3) is 4.91. The summed E-state index contributed by atoms with van der Waals surface area (Å²) in [6, 6.07) is 0.00693. The second-order valence-electron chi connectivity index (χ2n) is 4.60. The van der Waals surface area contributed by atoms with E-state index in [4.69, 9.17) is 4.18 Å². The monoisotopic (exact) mass is 264 g/mol. The molecule has 0 bridgehead atoms. The molecule has 6 nitrogen and oxygen atoms in total. The van der Waals surface area contributed by atoms with Gasteiger partial charge in [0, 0.05) is 27.2 Å². The molecule has 1 aliphatic heterocycles. The van der Waals surface area contributed by atoms with E-state index in [1.807, 2.05) is 0 Å². The van der Waals surface area contributed by atoms with Crippen molar-refractivity contribution in [3.8, 4) is 0 Å². The second kappa shape index (κ2) is 5.68. The van der Waals surface area contributed by atoms with Crippen molar-refractivity contribution < 1.29 is 17.4 Å². The number of hydrogen-bond donors (Lipinski definition) is 0. The van der Waals surface area contributed by atoms with Crippen LogP contribution in [-0.2, 0) is 14.3 Å². The Bertz CT molecular complexity index is 359. The van der Waals surface area contributed by atoms with Gasteiger partial charge in [-0.1, -0.05) is 0 Å². The molecule has 1 saturated heterocycles. The van der Waals surface area contributed by atoms with Gasteiger partial charge in [-0.25, -0.2) is 4.79 Å². The standard InChI is InChI=1S/C10H20N2O4S/c1-11(2)10(13)12-6-4-9(5-7-12)8-16-17(3,14)15/h9H,4-8H2,1-3H3. The lowest BCUT2D eigenvalue weighted by molar-refractivity contribution is 0.131. The maximum absolute atomic E-state index is 11.6. The topological polar surface area (TPSA) is 66.9 Å². The molecule has 17 heavy (non-hydrogen) atoms. The Morgan fingerprint density at radius 2 is 1.88 bits per heavy atom. The Balaban J connectivity index is 2.34. The molecule has 0 aromatic rings. The first-order valence-corrected chi connectivity index (χ1v) is 7.42. The smallest absolute Gasteiger partial charge is 0.319 e. The number of hydrogen-bond acceptors (Lipinski definition) is 4. The Morgan fingerprint density at radius 3 is 2.29 bits per heavy atom. The maximum atomic E-state index is 11.6. The predicted octanol–water partition coefficient (Wildman–Crippen LogP) is 0.356. The Morgan fingerprint density at radius 1 is 1.35 bits per heavy atom. The van der Waals surface area contributed by atoms with Crippen LogP contribution in [0.1, 0.15) is 12.8 Å². The van der Waals surface area contributed by atoms with Crippen molar-refractivity contribution in [2.45, 2.75) is 12.8 Å². The van der Waals surface area contributed by atoms with Gasteiger partial charge in [0.2, 0.25) is 0 Å². The van der Waals surface area contributed by atoms with Gasteiger partial charge in [0.05, 0.1) is 12.9 Å². The Labute approximate surface area is 103 Å². The molecule has 7 heteroatoms. The first kappa shape index (κ1) is 14.2. The number of urea groups is 1. The van der Waals surface area contributed by atoms with Crippen LogP contribution < -0.4 is 0 Å². The van der Waals surface area contributed by atoms with E-state index in [2.05, 4.69) is 0 Å². The molecule has 0 spiro atoms. The molecular formula is C10H20N2O4S. The van der Waals surface area contributed by atoms with Gasteiger partial charge < -0.3 is 9.80 Å². The molecule has 1 rings (SSSR count). The van der Waals surface area contributed by atoms with Crippen LogP contribution in [0.2, 0.25) is 0 Å². The maximum Gasteiger partial charge on any atom is 0.319 e. The van der Waals surface area contributed by atoms with Gasteiger partial charge in [-0.05, 0) is 18.8 Å². The average molecular weight is 264 g/mol. The van der Waals surface area contributed by atoms with Gasteiger partial charge in [-0.2, -0.15) is 8.42 Å². The van der Waals surface area contributed by atoms with Crippen LogP contribution >= 0.6 is 0 Å². The molecule has 0 radical (unpaired) electrons. The summed E-state index contributed by atoms with van der Waals surface area (Å²) in [5.74, 6) is 0.218. The number of nitrogens with zero attached hydrogens (tertiary/aromatic N) is 2. The molecule has 1 fully saturated rings. The van der Waals surface area contributed by atoms with E-state index in [1.165, 1.54) is 0 Å². The molecule has 100 valence electrons. The fourth-order valence-corrected chi connectivity index (χ4v) is 2.23. The van der Waals surface area contributed by atoms with Crippen LogP contribution in [0.25, 0.3) is 0 Å². The number of likely N-dealkylation sites (tertiary alicyclic amines) is 1. The highest BCUT2D eigenvalue weighted by molar-refractivity contribution is 7.85. The van der Waals surface area contributed by atoms with E-state index < -0.39 is 10.1 Å². The van der Waals surface area contributed by atoms with Crippen molar-refractivity contribution in [3.63, 3.8) is 0 Å². The zero-order valence-corrected chi connectivity index (χ0v) is 11.4. The second-order valence-corrected chi connectivity index (χ2v) is 6.24. The van der Waals surface area contributed by atoms with Gasteiger partial charge in [0.15, 0.2) is 0 Å². The highest BCUT2D eigenvalue weighted by atomic mass is 32.2. The van der Waals surface area contributed by atoms with Crippen molar-refractivity contribution in [2.24, 2.45) is 5.92 Å². The number of carbonyl (C=O) groups is 1. The van der Waals surface area contributed by atoms with E-state index in [9.17, 15) is 13.2 Å². The highest BCUT2D eigenvalue weighted by Crippen LogP contribution is 2.18. The Hall–Kier alpha value is -0.820. The van der Waals surface area contributed by atoms with E-state index in [1.54, 1.807) is 23.9 Å². The molecule has 0 aromatic carbocycles. The summed E-state index contributed by atoms with van der Waals surface area (Å²) in [4.78, 5) is 15.0. The SMILES string of the molecule is CN(C)C(=O)N1CCC(COS(C)(=O)=O)CC1. The normalized spacial score (nSPS) is 18.2. The summed E-state index contributed by atoms with van der Waals surface area (Å²) in [5.41, 5.74) is 0. The molecule has 0 saturated carbocycles. The fourth-order valence-electron chi connectivity index (χ4n) is 1.79. The van der Waals surface area contributed by atoms with Crippen molar-refractivity contribution in [1.82, 2.24) is 9.80 Å². The summed E-state index contributed by atoms with van der Waals surface area (Å²) in [6.07, 6.45) is 2.63. The minimum Gasteiger partial charge on any atom is -0.331 e. The van der Waals surface area contributed by atoms with Crippen molar-refractivity contribution >= 4 is 16.1 Å². The van der Waals surface area contributed by atoms with Crippen molar-refractivity contribution in [3.05, 3.63) is 0 Å². The number of rotatable bonds is 3. The summed E-state index contributed by atoms with van der Waals surface area (Å²) >= 11 is 0. The van der Waals surface area contributed by atoms with Gasteiger partial charge in [-0.3, -0.25) is 4.18 Å². The number of carbonyl (C=O) groups excluding carboxylic acids is 1. The Kier molecular flexibility index (Phi) is 4.76. The van der Waals surface area contributed by atoms with Crippen LogP contribution in [0.15, 0.2) is 0 Å². The zero-order valence-electron chi connectivity index (χ0n) is 10.5. The summed E-state index contributed by atoms with van der Waals surface area (Å²) in [6.45, 7) is 1.55. The van der Waals surface area contributed by atoms with Crippen LogP contribution in [0.5, 0.6) is 0 Å². The van der Waals surface area contributed by atoms with Crippen molar-refractivity contribution in [2.75, 3.05) is 40.0 Å². The molecule has 0 aliphatic carbocycles. The largest absolute Gasteiger partial charge is 0.331 e. The molecular weight excluding hydrogens is 244 g/mol. The lowest BCUT2D eigenvalue weighted by Gasteiger charge is -2.33. The average Bonchev–Trinajstić information content (AvgIpc) is 2.25. The highest BCUT2D eigenvalue weighted by Gasteiger charge is 2.24. The third-order valence-electron chi connectivity index (χ3n) is 2.79. The van der Waals surface area contributed by atoms with Crippen LogP contribution in [0, 0.1) is 5.92 Å². The van der Waals surface area contributed by atoms with E-state index in [-0.39, 0.29) is 18.6 Å². The summed E-state index contributed by atoms with van der Waals surface area (Å²) < 4.78 is 26.5. The number of piperidine rings is 1. The fraction of sp³-hybridized carbons (Fsp3) is 0.900. The van der Waals surface area contributed by atoms with Gasteiger partial charge in [0.25, 0.3) is 10.1 Å². The van der Waals surface area contributed by atoms with E-state index >= 15 is 0 Å². The van der Waals surface area contributed by atoms with E-state index in [0.29, 0.717) is 13.1 Å². The van der Waals surface area contributed by atoms with Gasteiger partial charge >= 0.3 is 6.03 Å². The van der Waals surface area contributed by atoms with Crippen LogP contribution in [0.4, 0.5) is 4.79 Å². The quantitative estimate of drug-likeness (QED) is 0.690. The minimum atomic E-state index is -3.36. The molecule has 0 atom stereocenters. The minimum absolute atomic E-state index is 0.00693. The van der Waals surface area contributed by atoms with Gasteiger partial charge in [0.1, 0.15) is 0 Å². The summed E-state index contributed by atoms with van der Waals surface area (Å²) in [5, 5.41) is 0. The van der Waals surface area contributed by atoms with Crippen molar-refractivity contribution in [1.29, 1.82) is 0 Å². The zero-order chi connectivity index (χ0) is 13.1. The van der Waals surface area contributed by atoms with Gasteiger partial charge in [-0.15, -0.1) is 0 Å². The lowest BCUT2D eigenvalue weighted by Crippen LogP contribution is -2.44. The first-order valence-electron chi connectivity index (χ1n) is 5.60. The number of amides is 2. The van der Waals surface area contributed by atoms with E-state index in [0.717, 1.165) is 19.1 Å². The third-order valence-corrected chi connectivity index (χ3v) is 3.35. The van der Waals surface area contributed by atoms with Crippen LogP contribution in [0.3, 0.4) is 0 Å². The molecule has 0 unspecified atom stereocenters. The molecule has 0 N–H and O–H groups in total. The molecule has 0 aromatic heterocycles. The first-order chi connectivity index (χ1) is 7.79. The predicted molar refractivity (Wildman–Crippen MR) is 64.2 cm³/mol.